The summed E-state index contributed by atoms with van der Waals surface area (Å²) in [4.78, 5) is 0. The molecule has 0 radical (unpaired) electrons. The van der Waals surface area contributed by atoms with Crippen LogP contribution in [0.1, 0.15) is 16.7 Å². The van der Waals surface area contributed by atoms with Gasteiger partial charge in [0, 0.05) is 16.3 Å². The summed E-state index contributed by atoms with van der Waals surface area (Å²) >= 11 is 5.81. The molecule has 2 aromatic carbocycles. The smallest absolute Gasteiger partial charge is 0.0507 e. The fraction of sp³-hybridized carbons (Fsp3) is 0.0667. The Hall–Kier alpha value is -1.91. The van der Waals surface area contributed by atoms with Gasteiger partial charge in [0.15, 0.2) is 0 Å². The molecule has 0 aliphatic heterocycles. The molecule has 0 amide bonds. The Balaban J connectivity index is 2.36. The van der Waals surface area contributed by atoms with Crippen molar-refractivity contribution in [1.29, 1.82) is 0 Å². The number of halogens is 1. The van der Waals surface area contributed by atoms with Gasteiger partial charge in [-0.1, -0.05) is 35.6 Å². The number of hydrogen-bond donors (Lipinski definition) is 1. The van der Waals surface area contributed by atoms with E-state index in [4.69, 9.17) is 17.3 Å². The fourth-order valence-corrected chi connectivity index (χ4v) is 1.66. The number of nitrogens with two attached hydrogens (primary N) is 1. The lowest BCUT2D eigenvalue weighted by Crippen LogP contribution is -1.92. The lowest BCUT2D eigenvalue weighted by atomic mass is 10.1. The minimum Gasteiger partial charge on any atom is -0.398 e. The maximum atomic E-state index is 5.89. The molecule has 0 atom stereocenters. The molecule has 0 saturated heterocycles. The van der Waals surface area contributed by atoms with Crippen molar-refractivity contribution < 1.29 is 0 Å². The van der Waals surface area contributed by atoms with Gasteiger partial charge in [0.25, 0.3) is 0 Å². The predicted molar refractivity (Wildman–Crippen MR) is 73.0 cm³/mol. The summed E-state index contributed by atoms with van der Waals surface area (Å²) in [5.74, 6) is 6.18. The third-order valence-electron chi connectivity index (χ3n) is 2.48. The molecule has 17 heavy (non-hydrogen) atoms. The first-order valence-electron chi connectivity index (χ1n) is 5.29. The van der Waals surface area contributed by atoms with Gasteiger partial charge in [0.05, 0.1) is 5.56 Å². The van der Waals surface area contributed by atoms with Crippen molar-refractivity contribution in [3.8, 4) is 11.8 Å². The Morgan fingerprint density at radius 1 is 1.00 bits per heavy atom. The Labute approximate surface area is 106 Å². The molecule has 2 rings (SSSR count). The second kappa shape index (κ2) is 4.95. The molecule has 2 aromatic rings. The van der Waals surface area contributed by atoms with Crippen LogP contribution in [-0.2, 0) is 0 Å². The fourth-order valence-electron chi connectivity index (χ4n) is 1.53. The van der Waals surface area contributed by atoms with Crippen LogP contribution in [0.3, 0.4) is 0 Å². The van der Waals surface area contributed by atoms with E-state index >= 15 is 0 Å². The van der Waals surface area contributed by atoms with E-state index in [0.29, 0.717) is 10.7 Å². The number of rotatable bonds is 0. The maximum absolute atomic E-state index is 5.89. The molecule has 0 bridgehead atoms. The molecular formula is C15H12ClN. The highest BCUT2D eigenvalue weighted by molar-refractivity contribution is 6.30. The quantitative estimate of drug-likeness (QED) is 0.553. The van der Waals surface area contributed by atoms with Crippen molar-refractivity contribution in [2.45, 2.75) is 6.92 Å². The average Bonchev–Trinajstić information content (AvgIpc) is 2.31. The first-order valence-corrected chi connectivity index (χ1v) is 5.67. The molecular weight excluding hydrogens is 230 g/mol. The highest BCUT2D eigenvalue weighted by Gasteiger charge is 1.98. The van der Waals surface area contributed by atoms with E-state index in [1.165, 1.54) is 0 Å². The summed E-state index contributed by atoms with van der Waals surface area (Å²) in [5.41, 5.74) is 9.51. The van der Waals surface area contributed by atoms with Crippen LogP contribution in [0.25, 0.3) is 0 Å². The Morgan fingerprint density at radius 3 is 2.35 bits per heavy atom. The zero-order chi connectivity index (χ0) is 12.3. The molecule has 0 saturated carbocycles. The summed E-state index contributed by atoms with van der Waals surface area (Å²) in [7, 11) is 0. The monoisotopic (exact) mass is 241 g/mol. The summed E-state index contributed by atoms with van der Waals surface area (Å²) in [6, 6.07) is 13.2. The average molecular weight is 242 g/mol. The maximum Gasteiger partial charge on any atom is 0.0507 e. The van der Waals surface area contributed by atoms with Gasteiger partial charge in [-0.15, -0.1) is 0 Å². The number of benzene rings is 2. The van der Waals surface area contributed by atoms with E-state index < -0.39 is 0 Å². The molecule has 0 aliphatic rings. The normalized spacial score (nSPS) is 9.53. The van der Waals surface area contributed by atoms with E-state index in [9.17, 15) is 0 Å². The Morgan fingerprint density at radius 2 is 1.71 bits per heavy atom. The van der Waals surface area contributed by atoms with Crippen molar-refractivity contribution >= 4 is 17.3 Å². The van der Waals surface area contributed by atoms with E-state index in [-0.39, 0.29) is 0 Å². The van der Waals surface area contributed by atoms with Crippen LogP contribution in [0, 0.1) is 18.8 Å². The first-order chi connectivity index (χ1) is 8.16. The van der Waals surface area contributed by atoms with Crippen LogP contribution in [0.5, 0.6) is 0 Å². The van der Waals surface area contributed by atoms with Gasteiger partial charge in [-0.3, -0.25) is 0 Å². The number of aryl methyl sites for hydroxylation is 1. The van der Waals surface area contributed by atoms with E-state index in [0.717, 1.165) is 16.7 Å². The third-order valence-corrected chi connectivity index (χ3v) is 2.73. The predicted octanol–water partition coefficient (Wildman–Crippen LogP) is 3.63. The van der Waals surface area contributed by atoms with Gasteiger partial charge >= 0.3 is 0 Å². The lowest BCUT2D eigenvalue weighted by Gasteiger charge is -2.01. The summed E-state index contributed by atoms with van der Waals surface area (Å²) in [6.07, 6.45) is 0. The van der Waals surface area contributed by atoms with Crippen molar-refractivity contribution in [3.63, 3.8) is 0 Å². The summed E-state index contributed by atoms with van der Waals surface area (Å²) in [5, 5.41) is 0.714. The van der Waals surface area contributed by atoms with Gasteiger partial charge in [-0.05, 0) is 42.8 Å². The molecule has 1 nitrogen and oxygen atoms in total. The van der Waals surface area contributed by atoms with Gasteiger partial charge in [0.1, 0.15) is 0 Å². The zero-order valence-electron chi connectivity index (χ0n) is 9.50. The van der Waals surface area contributed by atoms with Crippen LogP contribution < -0.4 is 5.73 Å². The van der Waals surface area contributed by atoms with E-state index in [1.54, 1.807) is 0 Å². The summed E-state index contributed by atoms with van der Waals surface area (Å²) < 4.78 is 0. The molecule has 0 fully saturated rings. The SMILES string of the molecule is Cc1cccc(N)c1C#Cc1ccc(Cl)cc1. The van der Waals surface area contributed by atoms with Gasteiger partial charge in [0.2, 0.25) is 0 Å². The second-order valence-electron chi connectivity index (χ2n) is 3.80. The summed E-state index contributed by atoms with van der Waals surface area (Å²) in [6.45, 7) is 2.00. The lowest BCUT2D eigenvalue weighted by molar-refractivity contribution is 1.44. The third kappa shape index (κ3) is 2.81. The van der Waals surface area contributed by atoms with Gasteiger partial charge in [-0.2, -0.15) is 0 Å². The molecule has 2 heteroatoms. The highest BCUT2D eigenvalue weighted by Crippen LogP contribution is 2.15. The number of nitrogen functional groups attached to an aromatic ring is 1. The molecule has 0 aromatic heterocycles. The van der Waals surface area contributed by atoms with Gasteiger partial charge < -0.3 is 5.73 Å². The standard InChI is InChI=1S/C15H12ClN/c1-11-3-2-4-15(17)14(11)10-7-12-5-8-13(16)9-6-12/h2-6,8-9H,17H2,1H3. The largest absolute Gasteiger partial charge is 0.398 e. The number of anilines is 1. The Kier molecular flexibility index (Phi) is 3.37. The van der Waals surface area contributed by atoms with E-state index in [1.807, 2.05) is 49.4 Å². The van der Waals surface area contributed by atoms with Gasteiger partial charge in [-0.25, -0.2) is 0 Å². The molecule has 0 heterocycles. The molecule has 0 aliphatic carbocycles. The van der Waals surface area contributed by atoms with Crippen molar-refractivity contribution in [2.75, 3.05) is 5.73 Å². The van der Waals surface area contributed by atoms with Crippen LogP contribution in [0.15, 0.2) is 42.5 Å². The van der Waals surface area contributed by atoms with E-state index in [2.05, 4.69) is 11.8 Å². The molecule has 2 N–H and O–H groups in total. The second-order valence-corrected chi connectivity index (χ2v) is 4.23. The van der Waals surface area contributed by atoms with Crippen LogP contribution >= 0.6 is 11.6 Å². The van der Waals surface area contributed by atoms with Crippen LogP contribution in [0.4, 0.5) is 5.69 Å². The number of hydrogen-bond acceptors (Lipinski definition) is 1. The van der Waals surface area contributed by atoms with Crippen molar-refractivity contribution in [3.05, 3.63) is 64.2 Å². The van der Waals surface area contributed by atoms with Crippen molar-refractivity contribution in [1.82, 2.24) is 0 Å². The first kappa shape index (κ1) is 11.6. The molecule has 0 spiro atoms. The highest BCUT2D eigenvalue weighted by atomic mass is 35.5. The Bertz CT molecular complexity index is 568. The van der Waals surface area contributed by atoms with Crippen LogP contribution in [0.2, 0.25) is 5.02 Å². The van der Waals surface area contributed by atoms with Crippen LogP contribution in [-0.4, -0.2) is 0 Å². The topological polar surface area (TPSA) is 26.0 Å². The van der Waals surface area contributed by atoms with Crippen molar-refractivity contribution in [2.24, 2.45) is 0 Å². The molecule has 84 valence electrons. The minimum atomic E-state index is 0.714. The minimum absolute atomic E-state index is 0.714. The zero-order valence-corrected chi connectivity index (χ0v) is 10.3. The molecule has 0 unspecified atom stereocenters.